The van der Waals surface area contributed by atoms with Crippen molar-refractivity contribution >= 4 is 27.3 Å². The Bertz CT molecular complexity index is 655. The number of rotatable bonds is 5. The van der Waals surface area contributed by atoms with Crippen molar-refractivity contribution in [1.82, 2.24) is 10.2 Å². The van der Waals surface area contributed by atoms with Crippen molar-refractivity contribution in [2.45, 2.75) is 11.3 Å². The maximum atomic E-state index is 12.2. The number of hydrogen-bond donors (Lipinski definition) is 2. The van der Waals surface area contributed by atoms with Crippen LogP contribution < -0.4 is 11.1 Å². The van der Waals surface area contributed by atoms with Crippen LogP contribution in [-0.4, -0.2) is 52.0 Å². The van der Waals surface area contributed by atoms with Gasteiger partial charge in [-0.1, -0.05) is 0 Å². The van der Waals surface area contributed by atoms with E-state index in [-0.39, 0.29) is 35.0 Å². The molecule has 0 unspecified atom stereocenters. The van der Waals surface area contributed by atoms with Gasteiger partial charge in [-0.15, -0.1) is 0 Å². The molecule has 0 aliphatic heterocycles. The van der Waals surface area contributed by atoms with E-state index in [1.165, 1.54) is 37.2 Å². The van der Waals surface area contributed by atoms with Gasteiger partial charge in [0.05, 0.1) is 4.90 Å². The summed E-state index contributed by atoms with van der Waals surface area (Å²) >= 11 is 0. The Labute approximate surface area is 124 Å². The quantitative estimate of drug-likeness (QED) is 0.737. The molecule has 7 nitrogen and oxygen atoms in total. The van der Waals surface area contributed by atoms with Gasteiger partial charge in [0.15, 0.2) is 9.84 Å². The lowest BCUT2D eigenvalue weighted by Gasteiger charge is -2.17. The van der Waals surface area contributed by atoms with Gasteiger partial charge in [0.1, 0.15) is 0 Å². The topological polar surface area (TPSA) is 110 Å². The molecule has 1 aromatic rings. The third-order valence-electron chi connectivity index (χ3n) is 2.90. The van der Waals surface area contributed by atoms with Crippen LogP contribution in [0.15, 0.2) is 23.1 Å². The van der Waals surface area contributed by atoms with Crippen molar-refractivity contribution in [3.63, 3.8) is 0 Å². The van der Waals surface area contributed by atoms with Crippen LogP contribution >= 0.6 is 0 Å². The Morgan fingerprint density at radius 2 is 1.90 bits per heavy atom. The lowest BCUT2D eigenvalue weighted by molar-refractivity contribution is -0.120. The molecule has 0 atom stereocenters. The van der Waals surface area contributed by atoms with Crippen molar-refractivity contribution < 1.29 is 18.0 Å². The van der Waals surface area contributed by atoms with Gasteiger partial charge < -0.3 is 16.0 Å². The Hall–Kier alpha value is -2.09. The van der Waals surface area contributed by atoms with Crippen LogP contribution in [-0.2, 0) is 14.6 Å². The molecule has 1 rings (SSSR count). The van der Waals surface area contributed by atoms with Gasteiger partial charge in [-0.05, 0) is 18.2 Å². The lowest BCUT2D eigenvalue weighted by Crippen LogP contribution is -2.31. The molecule has 0 radical (unpaired) electrons. The standard InChI is InChI=1S/C13H19N3O4S/c1-15-12(17)4-5-16(2)13(18)9-6-10(14)8-11(7-9)21(3,19)20/h6-8H,4-5,14H2,1-3H3,(H,15,17). The monoisotopic (exact) mass is 313 g/mol. The summed E-state index contributed by atoms with van der Waals surface area (Å²) in [5, 5.41) is 2.46. The second-order valence-electron chi connectivity index (χ2n) is 4.71. The number of carbonyl (C=O) groups excluding carboxylic acids is 2. The van der Waals surface area contributed by atoms with E-state index in [0.717, 1.165) is 6.26 Å². The van der Waals surface area contributed by atoms with E-state index < -0.39 is 15.7 Å². The lowest BCUT2D eigenvalue weighted by atomic mass is 10.1. The number of nitrogens with one attached hydrogen (secondary N) is 1. The third-order valence-corrected chi connectivity index (χ3v) is 4.00. The van der Waals surface area contributed by atoms with Gasteiger partial charge in [0.2, 0.25) is 5.91 Å². The number of anilines is 1. The smallest absolute Gasteiger partial charge is 0.253 e. The zero-order chi connectivity index (χ0) is 16.2. The highest BCUT2D eigenvalue weighted by Crippen LogP contribution is 2.18. The predicted molar refractivity (Wildman–Crippen MR) is 79.6 cm³/mol. The Morgan fingerprint density at radius 3 is 2.43 bits per heavy atom. The molecular formula is C13H19N3O4S. The van der Waals surface area contributed by atoms with E-state index >= 15 is 0 Å². The van der Waals surface area contributed by atoms with E-state index in [9.17, 15) is 18.0 Å². The number of carbonyl (C=O) groups is 2. The summed E-state index contributed by atoms with van der Waals surface area (Å²) in [7, 11) is -0.401. The molecule has 21 heavy (non-hydrogen) atoms. The second-order valence-corrected chi connectivity index (χ2v) is 6.73. The fourth-order valence-electron chi connectivity index (χ4n) is 1.68. The number of nitrogens with two attached hydrogens (primary N) is 1. The van der Waals surface area contributed by atoms with Gasteiger partial charge in [-0.25, -0.2) is 8.42 Å². The van der Waals surface area contributed by atoms with Gasteiger partial charge >= 0.3 is 0 Å². The van der Waals surface area contributed by atoms with Crippen molar-refractivity contribution in [1.29, 1.82) is 0 Å². The molecule has 1 aromatic carbocycles. The molecule has 3 N–H and O–H groups in total. The molecule has 0 aromatic heterocycles. The van der Waals surface area contributed by atoms with E-state index in [1.807, 2.05) is 0 Å². The minimum absolute atomic E-state index is 0.00875. The third kappa shape index (κ3) is 4.75. The molecule has 0 fully saturated rings. The summed E-state index contributed by atoms with van der Waals surface area (Å²) in [6.45, 7) is 0.224. The van der Waals surface area contributed by atoms with Gasteiger partial charge in [0.25, 0.3) is 5.91 Å². The van der Waals surface area contributed by atoms with Crippen molar-refractivity contribution in [2.75, 3.05) is 32.6 Å². The van der Waals surface area contributed by atoms with E-state index in [0.29, 0.717) is 0 Å². The minimum atomic E-state index is -3.45. The molecule has 0 heterocycles. The molecule has 2 amide bonds. The zero-order valence-corrected chi connectivity index (χ0v) is 13.0. The van der Waals surface area contributed by atoms with Crippen LogP contribution in [0.3, 0.4) is 0 Å². The molecule has 116 valence electrons. The zero-order valence-electron chi connectivity index (χ0n) is 12.2. The molecule has 0 spiro atoms. The molecule has 0 bridgehead atoms. The molecule has 0 aliphatic rings. The van der Waals surface area contributed by atoms with Gasteiger partial charge in [0, 0.05) is 44.6 Å². The first-order valence-corrected chi connectivity index (χ1v) is 8.11. The number of amides is 2. The highest BCUT2D eigenvalue weighted by atomic mass is 32.2. The fraction of sp³-hybridized carbons (Fsp3) is 0.385. The number of nitrogens with zero attached hydrogens (tertiary/aromatic N) is 1. The van der Waals surface area contributed by atoms with E-state index in [1.54, 1.807) is 0 Å². The molecular weight excluding hydrogens is 294 g/mol. The fourth-order valence-corrected chi connectivity index (χ4v) is 2.37. The Morgan fingerprint density at radius 1 is 1.29 bits per heavy atom. The molecule has 8 heteroatoms. The first-order valence-electron chi connectivity index (χ1n) is 6.22. The summed E-state index contributed by atoms with van der Waals surface area (Å²) < 4.78 is 23.1. The predicted octanol–water partition coefficient (Wildman–Crippen LogP) is -0.120. The SMILES string of the molecule is CNC(=O)CCN(C)C(=O)c1cc(N)cc(S(C)(=O)=O)c1. The minimum Gasteiger partial charge on any atom is -0.399 e. The summed E-state index contributed by atoms with van der Waals surface area (Å²) in [6.07, 6.45) is 1.21. The summed E-state index contributed by atoms with van der Waals surface area (Å²) in [4.78, 5) is 24.7. The normalized spacial score (nSPS) is 11.0. The number of benzene rings is 1. The van der Waals surface area contributed by atoms with Crippen molar-refractivity contribution in [2.24, 2.45) is 0 Å². The highest BCUT2D eigenvalue weighted by molar-refractivity contribution is 7.90. The van der Waals surface area contributed by atoms with Crippen molar-refractivity contribution in [3.05, 3.63) is 23.8 Å². The summed E-state index contributed by atoms with van der Waals surface area (Å²) in [5.74, 6) is -0.574. The average molecular weight is 313 g/mol. The van der Waals surface area contributed by atoms with Crippen LogP contribution in [0.4, 0.5) is 5.69 Å². The van der Waals surface area contributed by atoms with Crippen molar-refractivity contribution in [3.8, 4) is 0 Å². The van der Waals surface area contributed by atoms with Crippen LogP contribution in [0.25, 0.3) is 0 Å². The second kappa shape index (κ2) is 6.57. The summed E-state index contributed by atoms with van der Waals surface area (Å²) in [5.41, 5.74) is 6.01. The maximum Gasteiger partial charge on any atom is 0.253 e. The van der Waals surface area contributed by atoms with E-state index in [4.69, 9.17) is 5.73 Å². The molecule has 0 saturated heterocycles. The first-order chi connectivity index (χ1) is 9.65. The highest BCUT2D eigenvalue weighted by Gasteiger charge is 2.17. The Kier molecular flexibility index (Phi) is 5.31. The van der Waals surface area contributed by atoms with Crippen LogP contribution in [0, 0.1) is 0 Å². The van der Waals surface area contributed by atoms with E-state index in [2.05, 4.69) is 5.32 Å². The molecule has 0 aliphatic carbocycles. The maximum absolute atomic E-state index is 12.2. The number of sulfone groups is 1. The largest absolute Gasteiger partial charge is 0.399 e. The van der Waals surface area contributed by atoms with Crippen LogP contribution in [0.1, 0.15) is 16.8 Å². The summed E-state index contributed by atoms with van der Waals surface area (Å²) in [6, 6.07) is 3.99. The van der Waals surface area contributed by atoms with Gasteiger partial charge in [-0.2, -0.15) is 0 Å². The van der Waals surface area contributed by atoms with Gasteiger partial charge in [-0.3, -0.25) is 9.59 Å². The van der Waals surface area contributed by atoms with Crippen LogP contribution in [0.5, 0.6) is 0 Å². The number of nitrogen functional groups attached to an aromatic ring is 1. The number of hydrogen-bond acceptors (Lipinski definition) is 5. The first kappa shape index (κ1) is 17.0. The molecule has 0 saturated carbocycles. The van der Waals surface area contributed by atoms with Crippen LogP contribution in [0.2, 0.25) is 0 Å². The average Bonchev–Trinajstić information content (AvgIpc) is 2.41. The Balaban J connectivity index is 2.97.